The molecule has 0 aliphatic carbocycles. The van der Waals surface area contributed by atoms with E-state index < -0.39 is 0 Å². The zero-order valence-corrected chi connectivity index (χ0v) is 10.3. The number of hydrogen-bond acceptors (Lipinski definition) is 3. The maximum atomic E-state index is 11.9. The summed E-state index contributed by atoms with van der Waals surface area (Å²) in [6.07, 6.45) is 0. The monoisotopic (exact) mass is 272 g/mol. The van der Waals surface area contributed by atoms with Crippen LogP contribution in [0.5, 0.6) is 0 Å². The van der Waals surface area contributed by atoms with Crippen molar-refractivity contribution in [2.75, 3.05) is 13.1 Å². The zero-order valence-electron chi connectivity index (χ0n) is 8.74. The summed E-state index contributed by atoms with van der Waals surface area (Å²) >= 11 is 3.55. The second-order valence-corrected chi connectivity index (χ2v) is 5.21. The molecule has 1 aliphatic rings. The largest absolute Gasteiger partial charge is 0.351 e. The van der Waals surface area contributed by atoms with Gasteiger partial charge in [0, 0.05) is 24.0 Å². The standard InChI is InChI=1S/C10H13BrN2O2/c1-6-4-13(5-8(6)11)10(14)9-3-7(2)12-15-9/h3,6,8H,4-5H2,1-2H3. The highest BCUT2D eigenvalue weighted by Crippen LogP contribution is 2.24. The molecule has 0 N–H and O–H groups in total. The lowest BCUT2D eigenvalue weighted by Gasteiger charge is -2.12. The normalized spacial score (nSPS) is 25.9. The Hall–Kier alpha value is -0.840. The van der Waals surface area contributed by atoms with E-state index >= 15 is 0 Å². The Morgan fingerprint density at radius 1 is 1.67 bits per heavy atom. The first-order valence-corrected chi connectivity index (χ1v) is 5.86. The lowest BCUT2D eigenvalue weighted by molar-refractivity contribution is 0.0747. The van der Waals surface area contributed by atoms with E-state index in [0.717, 1.165) is 18.8 Å². The number of alkyl halides is 1. The molecule has 1 aliphatic heterocycles. The molecule has 15 heavy (non-hydrogen) atoms. The number of carbonyl (C=O) groups is 1. The molecule has 0 saturated carbocycles. The molecule has 0 bridgehead atoms. The van der Waals surface area contributed by atoms with Crippen molar-refractivity contribution >= 4 is 21.8 Å². The molecule has 1 aromatic heterocycles. The zero-order chi connectivity index (χ0) is 11.0. The summed E-state index contributed by atoms with van der Waals surface area (Å²) in [5, 5.41) is 3.71. The third-order valence-electron chi connectivity index (χ3n) is 2.65. The molecule has 0 radical (unpaired) electrons. The van der Waals surface area contributed by atoms with Crippen molar-refractivity contribution in [3.63, 3.8) is 0 Å². The first-order chi connectivity index (χ1) is 7.08. The second-order valence-electron chi connectivity index (χ2n) is 4.04. The number of aromatic nitrogens is 1. The minimum absolute atomic E-state index is 0.0654. The quantitative estimate of drug-likeness (QED) is 0.733. The van der Waals surface area contributed by atoms with E-state index in [9.17, 15) is 4.79 Å². The van der Waals surface area contributed by atoms with E-state index in [4.69, 9.17) is 4.52 Å². The van der Waals surface area contributed by atoms with E-state index in [1.165, 1.54) is 0 Å². The summed E-state index contributed by atoms with van der Waals surface area (Å²) in [5.74, 6) is 0.753. The van der Waals surface area contributed by atoms with Gasteiger partial charge in [-0.15, -0.1) is 0 Å². The van der Waals surface area contributed by atoms with Gasteiger partial charge in [0.25, 0.3) is 5.91 Å². The van der Waals surface area contributed by atoms with Crippen LogP contribution < -0.4 is 0 Å². The van der Waals surface area contributed by atoms with Gasteiger partial charge in [0.05, 0.1) is 5.69 Å². The first kappa shape index (κ1) is 10.7. The van der Waals surface area contributed by atoms with Crippen LogP contribution in [-0.2, 0) is 0 Å². The lowest BCUT2D eigenvalue weighted by atomic mass is 10.2. The SMILES string of the molecule is Cc1cc(C(=O)N2CC(C)C(Br)C2)on1. The minimum Gasteiger partial charge on any atom is -0.351 e. The minimum atomic E-state index is -0.0654. The third-order valence-corrected chi connectivity index (χ3v) is 3.84. The van der Waals surface area contributed by atoms with Crippen LogP contribution in [0.1, 0.15) is 23.2 Å². The number of halogens is 1. The fourth-order valence-corrected chi connectivity index (χ4v) is 2.23. The number of likely N-dealkylation sites (tertiary alicyclic amines) is 1. The van der Waals surface area contributed by atoms with E-state index in [-0.39, 0.29) is 5.91 Å². The Labute approximate surface area is 96.7 Å². The van der Waals surface area contributed by atoms with Crippen LogP contribution in [0.25, 0.3) is 0 Å². The summed E-state index contributed by atoms with van der Waals surface area (Å²) in [6.45, 7) is 5.44. The van der Waals surface area contributed by atoms with Crippen molar-refractivity contribution in [1.82, 2.24) is 10.1 Å². The highest BCUT2D eigenvalue weighted by Gasteiger charge is 2.32. The summed E-state index contributed by atoms with van der Waals surface area (Å²) in [4.78, 5) is 14.1. The lowest BCUT2D eigenvalue weighted by Crippen LogP contribution is -2.28. The van der Waals surface area contributed by atoms with Crippen molar-refractivity contribution in [3.05, 3.63) is 17.5 Å². The first-order valence-electron chi connectivity index (χ1n) is 4.94. The van der Waals surface area contributed by atoms with E-state index in [2.05, 4.69) is 28.0 Å². The van der Waals surface area contributed by atoms with Gasteiger partial charge in [0.1, 0.15) is 0 Å². The molecular weight excluding hydrogens is 260 g/mol. The number of hydrogen-bond donors (Lipinski definition) is 0. The summed E-state index contributed by atoms with van der Waals surface area (Å²) in [5.41, 5.74) is 0.737. The van der Waals surface area contributed by atoms with Gasteiger partial charge in [-0.2, -0.15) is 0 Å². The van der Waals surface area contributed by atoms with Gasteiger partial charge >= 0.3 is 0 Å². The van der Waals surface area contributed by atoms with Gasteiger partial charge in [0.2, 0.25) is 5.76 Å². The highest BCUT2D eigenvalue weighted by molar-refractivity contribution is 9.09. The molecule has 0 aromatic carbocycles. The number of nitrogens with zero attached hydrogens (tertiary/aromatic N) is 2. The molecule has 1 saturated heterocycles. The predicted molar refractivity (Wildman–Crippen MR) is 59.0 cm³/mol. The van der Waals surface area contributed by atoms with Crippen LogP contribution in [0.4, 0.5) is 0 Å². The predicted octanol–water partition coefficient (Wildman–Crippen LogP) is 1.84. The van der Waals surface area contributed by atoms with E-state index in [1.54, 1.807) is 17.9 Å². The van der Waals surface area contributed by atoms with Crippen molar-refractivity contribution in [3.8, 4) is 0 Å². The van der Waals surface area contributed by atoms with Gasteiger partial charge in [-0.25, -0.2) is 0 Å². The van der Waals surface area contributed by atoms with Gasteiger partial charge in [0.15, 0.2) is 0 Å². The van der Waals surface area contributed by atoms with Gasteiger partial charge < -0.3 is 9.42 Å². The van der Waals surface area contributed by atoms with Crippen LogP contribution in [0, 0.1) is 12.8 Å². The van der Waals surface area contributed by atoms with Crippen LogP contribution in [-0.4, -0.2) is 33.9 Å². The molecule has 2 rings (SSSR count). The molecule has 1 amide bonds. The molecule has 0 spiro atoms. The van der Waals surface area contributed by atoms with E-state index in [0.29, 0.717) is 16.5 Å². The smallest absolute Gasteiger partial charge is 0.292 e. The average molecular weight is 273 g/mol. The second kappa shape index (κ2) is 3.96. The third kappa shape index (κ3) is 2.07. The summed E-state index contributed by atoms with van der Waals surface area (Å²) in [7, 11) is 0. The number of aryl methyl sites for hydroxylation is 1. The molecule has 1 aromatic rings. The summed E-state index contributed by atoms with van der Waals surface area (Å²) in [6, 6.07) is 1.68. The molecule has 1 fully saturated rings. The summed E-state index contributed by atoms with van der Waals surface area (Å²) < 4.78 is 4.95. The van der Waals surface area contributed by atoms with Crippen molar-refractivity contribution in [1.29, 1.82) is 0 Å². The van der Waals surface area contributed by atoms with Crippen LogP contribution in [0.2, 0.25) is 0 Å². The molecule has 2 unspecified atom stereocenters. The maximum Gasteiger partial charge on any atom is 0.292 e. The molecule has 2 atom stereocenters. The number of rotatable bonds is 1. The fourth-order valence-electron chi connectivity index (χ4n) is 1.71. The Balaban J connectivity index is 2.10. The Bertz CT molecular complexity index is 367. The van der Waals surface area contributed by atoms with Crippen molar-refractivity contribution in [2.45, 2.75) is 18.7 Å². The Morgan fingerprint density at radius 2 is 2.40 bits per heavy atom. The van der Waals surface area contributed by atoms with Crippen molar-refractivity contribution < 1.29 is 9.32 Å². The Morgan fingerprint density at radius 3 is 2.87 bits per heavy atom. The van der Waals surface area contributed by atoms with Crippen LogP contribution in [0.15, 0.2) is 10.6 Å². The van der Waals surface area contributed by atoms with Crippen LogP contribution in [0.3, 0.4) is 0 Å². The molecule has 2 heterocycles. The topological polar surface area (TPSA) is 46.3 Å². The molecule has 5 heteroatoms. The van der Waals surface area contributed by atoms with Crippen molar-refractivity contribution in [2.24, 2.45) is 5.92 Å². The van der Waals surface area contributed by atoms with Gasteiger partial charge in [-0.05, 0) is 12.8 Å². The Kier molecular flexibility index (Phi) is 2.82. The number of amides is 1. The van der Waals surface area contributed by atoms with Gasteiger partial charge in [-0.3, -0.25) is 4.79 Å². The fraction of sp³-hybridized carbons (Fsp3) is 0.600. The van der Waals surface area contributed by atoms with Gasteiger partial charge in [-0.1, -0.05) is 28.0 Å². The average Bonchev–Trinajstić information content (AvgIpc) is 2.74. The highest BCUT2D eigenvalue weighted by atomic mass is 79.9. The molecular formula is C10H13BrN2O2. The van der Waals surface area contributed by atoms with Crippen LogP contribution >= 0.6 is 15.9 Å². The molecule has 4 nitrogen and oxygen atoms in total. The van der Waals surface area contributed by atoms with E-state index in [1.807, 2.05) is 0 Å². The molecule has 82 valence electrons. The maximum absolute atomic E-state index is 11.9. The number of carbonyl (C=O) groups excluding carboxylic acids is 1.